The normalized spacial score (nSPS) is 20.7. The predicted molar refractivity (Wildman–Crippen MR) is 113 cm³/mol. The van der Waals surface area contributed by atoms with Crippen molar-refractivity contribution in [2.24, 2.45) is 0 Å². The van der Waals surface area contributed by atoms with Gasteiger partial charge in [-0.2, -0.15) is 0 Å². The molecule has 2 atom stereocenters. The largest absolute Gasteiger partial charge is 0.446 e. The van der Waals surface area contributed by atoms with Crippen LogP contribution in [0, 0.1) is 6.92 Å². The summed E-state index contributed by atoms with van der Waals surface area (Å²) in [5.74, 6) is -0.0974. The second kappa shape index (κ2) is 10.1. The summed E-state index contributed by atoms with van der Waals surface area (Å²) in [7, 11) is 0. The number of carbonyl (C=O) groups excluding carboxylic acids is 2. The van der Waals surface area contributed by atoms with E-state index in [1.54, 1.807) is 4.90 Å². The maximum Gasteiger partial charge on any atom is 0.273 e. The van der Waals surface area contributed by atoms with Gasteiger partial charge in [0.15, 0.2) is 5.69 Å². The third kappa shape index (κ3) is 5.71. The van der Waals surface area contributed by atoms with E-state index < -0.39 is 0 Å². The Balaban J connectivity index is 1.41. The van der Waals surface area contributed by atoms with Crippen LogP contribution >= 0.6 is 0 Å². The third-order valence-corrected chi connectivity index (χ3v) is 5.66. The number of aryl methyl sites for hydroxylation is 1. The van der Waals surface area contributed by atoms with Gasteiger partial charge >= 0.3 is 0 Å². The number of hydrogen-bond acceptors (Lipinski definition) is 6. The van der Waals surface area contributed by atoms with Crippen LogP contribution in [0.2, 0.25) is 0 Å². The predicted octanol–water partition coefficient (Wildman–Crippen LogP) is 2.71. The van der Waals surface area contributed by atoms with Gasteiger partial charge in [0.25, 0.3) is 11.8 Å². The monoisotopic (exact) mass is 427 g/mol. The summed E-state index contributed by atoms with van der Waals surface area (Å²) in [5, 5.41) is 2.83. The highest BCUT2D eigenvalue weighted by Gasteiger charge is 2.26. The van der Waals surface area contributed by atoms with E-state index in [9.17, 15) is 9.59 Å². The third-order valence-electron chi connectivity index (χ3n) is 5.66. The fraction of sp³-hybridized carbons (Fsp3) is 0.522. The number of benzene rings is 1. The van der Waals surface area contributed by atoms with Crippen LogP contribution in [0.1, 0.15) is 58.0 Å². The fourth-order valence-electron chi connectivity index (χ4n) is 3.89. The van der Waals surface area contributed by atoms with Crippen molar-refractivity contribution in [1.82, 2.24) is 15.2 Å². The average Bonchev–Trinajstić information content (AvgIpc) is 3.54. The molecule has 0 aliphatic carbocycles. The molecule has 166 valence electrons. The van der Waals surface area contributed by atoms with E-state index in [-0.39, 0.29) is 36.3 Å². The van der Waals surface area contributed by atoms with Gasteiger partial charge in [0, 0.05) is 31.9 Å². The van der Waals surface area contributed by atoms with Gasteiger partial charge in [0.05, 0.1) is 18.8 Å². The van der Waals surface area contributed by atoms with Crippen molar-refractivity contribution in [3.05, 3.63) is 53.2 Å². The standard InChI is InChI=1S/C23H29N3O5/c1-16-6-8-17(9-7-16)23(28)26(13-19-5-3-11-30-19)14-21-25-20(15-31-21)22(27)24-12-18-4-2-10-29-18/h6-9,15,18-19H,2-5,10-14H2,1H3,(H,24,27). The highest BCUT2D eigenvalue weighted by molar-refractivity contribution is 5.94. The van der Waals surface area contributed by atoms with Gasteiger partial charge in [-0.25, -0.2) is 4.98 Å². The number of nitrogens with one attached hydrogen (secondary N) is 1. The Morgan fingerprint density at radius 2 is 1.81 bits per heavy atom. The van der Waals surface area contributed by atoms with Crippen LogP contribution in [-0.4, -0.2) is 60.2 Å². The Hall–Kier alpha value is -2.71. The number of aromatic nitrogens is 1. The second-order valence-corrected chi connectivity index (χ2v) is 8.16. The van der Waals surface area contributed by atoms with E-state index in [0.29, 0.717) is 31.2 Å². The lowest BCUT2D eigenvalue weighted by Gasteiger charge is -2.24. The first-order chi connectivity index (χ1) is 15.1. The molecule has 3 heterocycles. The van der Waals surface area contributed by atoms with E-state index in [0.717, 1.165) is 37.9 Å². The summed E-state index contributed by atoms with van der Waals surface area (Å²) in [4.78, 5) is 31.5. The average molecular weight is 428 g/mol. The summed E-state index contributed by atoms with van der Waals surface area (Å²) >= 11 is 0. The zero-order valence-electron chi connectivity index (χ0n) is 17.8. The lowest BCUT2D eigenvalue weighted by atomic mass is 10.1. The van der Waals surface area contributed by atoms with E-state index in [2.05, 4.69) is 10.3 Å². The Labute approximate surface area is 181 Å². The number of oxazole rings is 1. The minimum Gasteiger partial charge on any atom is -0.446 e. The molecule has 0 radical (unpaired) electrons. The van der Waals surface area contributed by atoms with Gasteiger partial charge in [-0.15, -0.1) is 0 Å². The molecule has 31 heavy (non-hydrogen) atoms. The lowest BCUT2D eigenvalue weighted by Crippen LogP contribution is -2.37. The van der Waals surface area contributed by atoms with Crippen LogP contribution in [0.15, 0.2) is 34.9 Å². The highest BCUT2D eigenvalue weighted by atomic mass is 16.5. The molecule has 2 unspecified atom stereocenters. The first-order valence-corrected chi connectivity index (χ1v) is 10.9. The minimum absolute atomic E-state index is 0.00135. The van der Waals surface area contributed by atoms with Gasteiger partial charge in [-0.1, -0.05) is 17.7 Å². The van der Waals surface area contributed by atoms with Crippen LogP contribution < -0.4 is 5.32 Å². The van der Waals surface area contributed by atoms with Crippen molar-refractivity contribution < 1.29 is 23.5 Å². The number of ether oxygens (including phenoxy) is 2. The fourth-order valence-corrected chi connectivity index (χ4v) is 3.89. The maximum absolute atomic E-state index is 13.1. The Morgan fingerprint density at radius 3 is 2.48 bits per heavy atom. The first-order valence-electron chi connectivity index (χ1n) is 10.9. The van der Waals surface area contributed by atoms with Crippen LogP contribution in [0.5, 0.6) is 0 Å². The molecule has 2 aliphatic rings. The first kappa shape index (κ1) is 21.5. The molecule has 8 heteroatoms. The SMILES string of the molecule is Cc1ccc(C(=O)N(Cc2nc(C(=O)NCC3CCCO3)co2)CC2CCCO2)cc1. The van der Waals surface area contributed by atoms with Crippen molar-refractivity contribution >= 4 is 11.8 Å². The number of rotatable bonds is 8. The molecule has 2 saturated heterocycles. The molecule has 2 amide bonds. The van der Waals surface area contributed by atoms with Crippen LogP contribution in [0.4, 0.5) is 0 Å². The van der Waals surface area contributed by atoms with Gasteiger partial charge in [0.2, 0.25) is 5.89 Å². The Bertz CT molecular complexity index is 883. The molecular weight excluding hydrogens is 398 g/mol. The molecule has 1 N–H and O–H groups in total. The van der Waals surface area contributed by atoms with Crippen molar-refractivity contribution in [2.45, 2.75) is 51.4 Å². The van der Waals surface area contributed by atoms with Crippen LogP contribution in [-0.2, 0) is 16.0 Å². The van der Waals surface area contributed by atoms with Crippen molar-refractivity contribution in [1.29, 1.82) is 0 Å². The van der Waals surface area contributed by atoms with Gasteiger partial charge < -0.3 is 24.1 Å². The lowest BCUT2D eigenvalue weighted by molar-refractivity contribution is 0.0487. The van der Waals surface area contributed by atoms with E-state index in [1.165, 1.54) is 6.26 Å². The molecule has 8 nitrogen and oxygen atoms in total. The van der Waals surface area contributed by atoms with Crippen molar-refractivity contribution in [3.63, 3.8) is 0 Å². The van der Waals surface area contributed by atoms with Crippen molar-refractivity contribution in [3.8, 4) is 0 Å². The molecule has 2 aromatic rings. The molecular formula is C23H29N3O5. The number of nitrogens with zero attached hydrogens (tertiary/aromatic N) is 2. The molecule has 0 bridgehead atoms. The van der Waals surface area contributed by atoms with E-state index >= 15 is 0 Å². The number of hydrogen-bond donors (Lipinski definition) is 1. The summed E-state index contributed by atoms with van der Waals surface area (Å²) < 4.78 is 16.8. The van der Waals surface area contributed by atoms with Crippen LogP contribution in [0.3, 0.4) is 0 Å². The summed E-state index contributed by atoms with van der Waals surface area (Å²) in [6.07, 6.45) is 5.27. The van der Waals surface area contributed by atoms with Gasteiger partial charge in [0.1, 0.15) is 6.26 Å². The van der Waals surface area contributed by atoms with E-state index in [4.69, 9.17) is 13.9 Å². The van der Waals surface area contributed by atoms with Gasteiger partial charge in [-0.05, 0) is 44.7 Å². The highest BCUT2D eigenvalue weighted by Crippen LogP contribution is 2.18. The van der Waals surface area contributed by atoms with Crippen LogP contribution in [0.25, 0.3) is 0 Å². The zero-order chi connectivity index (χ0) is 21.6. The molecule has 2 aliphatic heterocycles. The summed E-state index contributed by atoms with van der Waals surface area (Å²) in [6, 6.07) is 7.47. The molecule has 1 aromatic carbocycles. The molecule has 4 rings (SSSR count). The van der Waals surface area contributed by atoms with E-state index in [1.807, 2.05) is 31.2 Å². The smallest absolute Gasteiger partial charge is 0.273 e. The summed E-state index contributed by atoms with van der Waals surface area (Å²) in [6.45, 7) is 4.52. The molecule has 0 spiro atoms. The molecule has 0 saturated carbocycles. The van der Waals surface area contributed by atoms with Crippen molar-refractivity contribution in [2.75, 3.05) is 26.3 Å². The quantitative estimate of drug-likeness (QED) is 0.696. The topological polar surface area (TPSA) is 93.9 Å². The molecule has 1 aromatic heterocycles. The maximum atomic E-state index is 13.1. The molecule has 2 fully saturated rings. The second-order valence-electron chi connectivity index (χ2n) is 8.16. The number of carbonyl (C=O) groups is 2. The Morgan fingerprint density at radius 1 is 1.10 bits per heavy atom. The number of amides is 2. The Kier molecular flexibility index (Phi) is 6.99. The van der Waals surface area contributed by atoms with Gasteiger partial charge in [-0.3, -0.25) is 9.59 Å². The zero-order valence-corrected chi connectivity index (χ0v) is 17.8. The minimum atomic E-state index is -0.305. The summed E-state index contributed by atoms with van der Waals surface area (Å²) in [5.41, 5.74) is 1.89.